The summed E-state index contributed by atoms with van der Waals surface area (Å²) in [5.74, 6) is -5.40. The lowest BCUT2D eigenvalue weighted by molar-refractivity contribution is 0.448. The molecule has 5 heteroatoms. The van der Waals surface area contributed by atoms with Gasteiger partial charge in [-0.2, -0.15) is 0 Å². The van der Waals surface area contributed by atoms with Crippen LogP contribution in [0, 0.1) is 36.0 Å². The molecule has 0 spiro atoms. The molecule has 0 saturated heterocycles. The van der Waals surface area contributed by atoms with Gasteiger partial charge in [-0.25, -0.2) is 22.0 Å². The van der Waals surface area contributed by atoms with E-state index < -0.39 is 29.1 Å². The molecule has 0 atom stereocenters. The quantitative estimate of drug-likeness (QED) is 0.397. The summed E-state index contributed by atoms with van der Waals surface area (Å²) in [6.45, 7) is 1.34. The first-order valence-electron chi connectivity index (χ1n) is 7.08. The van der Waals surface area contributed by atoms with Gasteiger partial charge in [0.15, 0.2) is 17.5 Å². The molecule has 0 aromatic heterocycles. The molecule has 0 unspecified atom stereocenters. The summed E-state index contributed by atoms with van der Waals surface area (Å²) in [5.41, 5.74) is 1.44. The molecule has 0 nitrogen and oxygen atoms in total. The fraction of sp³-hybridized carbons (Fsp3) is 0.0526. The second-order valence-electron chi connectivity index (χ2n) is 5.40. The standard InChI is InChI=1S/C19H11F5/c1-10-15(20)6-13(7-16(10)21)11-2-4-12(5-3-11)14-8-17(22)19(24)18(23)9-14/h2-9H,1H3. The van der Waals surface area contributed by atoms with Crippen molar-refractivity contribution in [3.63, 3.8) is 0 Å². The molecule has 0 saturated carbocycles. The maximum atomic E-state index is 13.6. The molecule has 3 rings (SSSR count). The zero-order valence-electron chi connectivity index (χ0n) is 12.5. The molecule has 0 bridgehead atoms. The van der Waals surface area contributed by atoms with Gasteiger partial charge in [-0.3, -0.25) is 0 Å². The average Bonchev–Trinajstić information content (AvgIpc) is 2.57. The lowest BCUT2D eigenvalue weighted by atomic mass is 9.99. The number of halogens is 5. The van der Waals surface area contributed by atoms with Crippen LogP contribution >= 0.6 is 0 Å². The lowest BCUT2D eigenvalue weighted by Gasteiger charge is -2.08. The Morgan fingerprint density at radius 1 is 0.500 bits per heavy atom. The first kappa shape index (κ1) is 16.2. The predicted octanol–water partition coefficient (Wildman–Crippen LogP) is 6.02. The van der Waals surface area contributed by atoms with Crippen molar-refractivity contribution in [1.82, 2.24) is 0 Å². The maximum Gasteiger partial charge on any atom is 0.194 e. The Bertz CT molecular complexity index is 791. The Hall–Kier alpha value is -2.69. The van der Waals surface area contributed by atoms with Gasteiger partial charge >= 0.3 is 0 Å². The van der Waals surface area contributed by atoms with Crippen LogP contribution in [0.2, 0.25) is 0 Å². The molecule has 0 fully saturated rings. The normalized spacial score (nSPS) is 10.9. The number of rotatable bonds is 2. The van der Waals surface area contributed by atoms with E-state index in [4.69, 9.17) is 0 Å². The molecule has 0 amide bonds. The molecule has 3 aromatic carbocycles. The van der Waals surface area contributed by atoms with E-state index in [1.54, 1.807) is 12.1 Å². The van der Waals surface area contributed by atoms with Gasteiger partial charge in [-0.15, -0.1) is 0 Å². The van der Waals surface area contributed by atoms with Gasteiger partial charge in [-0.05, 0) is 53.4 Å². The summed E-state index contributed by atoms with van der Waals surface area (Å²) >= 11 is 0. The molecular formula is C19H11F5. The Balaban J connectivity index is 2.00. The first-order valence-corrected chi connectivity index (χ1v) is 7.08. The van der Waals surface area contributed by atoms with Crippen molar-refractivity contribution < 1.29 is 22.0 Å². The summed E-state index contributed by atoms with van der Waals surface area (Å²) in [7, 11) is 0. The Labute approximate surface area is 135 Å². The van der Waals surface area contributed by atoms with Crippen LogP contribution < -0.4 is 0 Å². The Morgan fingerprint density at radius 3 is 1.21 bits per heavy atom. The second-order valence-corrected chi connectivity index (χ2v) is 5.40. The van der Waals surface area contributed by atoms with Crippen LogP contribution in [0.3, 0.4) is 0 Å². The summed E-state index contributed by atoms with van der Waals surface area (Å²) in [6, 6.07) is 10.4. The summed E-state index contributed by atoms with van der Waals surface area (Å²) in [4.78, 5) is 0. The van der Waals surface area contributed by atoms with E-state index in [9.17, 15) is 22.0 Å². The molecule has 122 valence electrons. The highest BCUT2D eigenvalue weighted by atomic mass is 19.2. The largest absolute Gasteiger partial charge is 0.207 e. The van der Waals surface area contributed by atoms with Crippen molar-refractivity contribution in [3.05, 3.63) is 83.2 Å². The molecule has 0 radical (unpaired) electrons. The minimum absolute atomic E-state index is 0.0624. The third kappa shape index (κ3) is 2.89. The number of benzene rings is 3. The summed E-state index contributed by atoms with van der Waals surface area (Å²) < 4.78 is 66.9. The fourth-order valence-corrected chi connectivity index (χ4v) is 2.39. The maximum absolute atomic E-state index is 13.6. The monoisotopic (exact) mass is 334 g/mol. The molecule has 3 aromatic rings. The molecule has 0 aliphatic carbocycles. The van der Waals surface area contributed by atoms with Crippen molar-refractivity contribution in [3.8, 4) is 22.3 Å². The van der Waals surface area contributed by atoms with Gasteiger partial charge < -0.3 is 0 Å². The van der Waals surface area contributed by atoms with E-state index in [2.05, 4.69) is 0 Å². The minimum atomic E-state index is -1.53. The number of hydrogen-bond acceptors (Lipinski definition) is 0. The molecule has 0 N–H and O–H groups in total. The predicted molar refractivity (Wildman–Crippen MR) is 81.8 cm³/mol. The average molecular weight is 334 g/mol. The summed E-state index contributed by atoms with van der Waals surface area (Å²) in [6.07, 6.45) is 0. The van der Waals surface area contributed by atoms with Crippen molar-refractivity contribution >= 4 is 0 Å². The van der Waals surface area contributed by atoms with E-state index >= 15 is 0 Å². The van der Waals surface area contributed by atoms with Gasteiger partial charge in [0.05, 0.1) is 0 Å². The number of hydrogen-bond donors (Lipinski definition) is 0. The van der Waals surface area contributed by atoms with E-state index in [-0.39, 0.29) is 11.1 Å². The van der Waals surface area contributed by atoms with Gasteiger partial charge in [-0.1, -0.05) is 24.3 Å². The van der Waals surface area contributed by atoms with Crippen LogP contribution in [0.1, 0.15) is 5.56 Å². The van der Waals surface area contributed by atoms with Gasteiger partial charge in [0.2, 0.25) is 0 Å². The van der Waals surface area contributed by atoms with Crippen molar-refractivity contribution in [1.29, 1.82) is 0 Å². The highest BCUT2D eigenvalue weighted by Crippen LogP contribution is 2.28. The van der Waals surface area contributed by atoms with E-state index in [0.717, 1.165) is 12.1 Å². The molecular weight excluding hydrogens is 323 g/mol. The van der Waals surface area contributed by atoms with Gasteiger partial charge in [0.1, 0.15) is 11.6 Å². The van der Waals surface area contributed by atoms with Crippen molar-refractivity contribution in [2.75, 3.05) is 0 Å². The van der Waals surface area contributed by atoms with Crippen molar-refractivity contribution in [2.24, 2.45) is 0 Å². The SMILES string of the molecule is Cc1c(F)cc(-c2ccc(-c3cc(F)c(F)c(F)c3)cc2)cc1F. The molecule has 0 aliphatic rings. The van der Waals surface area contributed by atoms with Crippen LogP contribution in [-0.2, 0) is 0 Å². The minimum Gasteiger partial charge on any atom is -0.207 e. The molecule has 24 heavy (non-hydrogen) atoms. The summed E-state index contributed by atoms with van der Waals surface area (Å²) in [5, 5.41) is 0. The third-order valence-electron chi connectivity index (χ3n) is 3.82. The van der Waals surface area contributed by atoms with Crippen LogP contribution in [0.25, 0.3) is 22.3 Å². The zero-order chi connectivity index (χ0) is 17.4. The Morgan fingerprint density at radius 2 is 0.833 bits per heavy atom. The van der Waals surface area contributed by atoms with Crippen molar-refractivity contribution in [2.45, 2.75) is 6.92 Å². The van der Waals surface area contributed by atoms with E-state index in [1.165, 1.54) is 31.2 Å². The second kappa shape index (κ2) is 6.07. The highest BCUT2D eigenvalue weighted by Gasteiger charge is 2.12. The van der Waals surface area contributed by atoms with Gasteiger partial charge in [0.25, 0.3) is 0 Å². The van der Waals surface area contributed by atoms with Crippen LogP contribution in [0.4, 0.5) is 22.0 Å². The first-order chi connectivity index (χ1) is 11.4. The highest BCUT2D eigenvalue weighted by molar-refractivity contribution is 5.70. The topological polar surface area (TPSA) is 0 Å². The van der Waals surface area contributed by atoms with Crippen LogP contribution in [0.5, 0.6) is 0 Å². The zero-order valence-corrected chi connectivity index (χ0v) is 12.5. The molecule has 0 aliphatic heterocycles. The fourth-order valence-electron chi connectivity index (χ4n) is 2.39. The van der Waals surface area contributed by atoms with Crippen LogP contribution in [-0.4, -0.2) is 0 Å². The smallest absolute Gasteiger partial charge is 0.194 e. The van der Waals surface area contributed by atoms with E-state index in [1.807, 2.05) is 0 Å². The lowest BCUT2D eigenvalue weighted by Crippen LogP contribution is -1.92. The van der Waals surface area contributed by atoms with E-state index in [0.29, 0.717) is 16.7 Å². The third-order valence-corrected chi connectivity index (χ3v) is 3.82. The van der Waals surface area contributed by atoms with Crippen LogP contribution in [0.15, 0.2) is 48.5 Å². The molecule has 0 heterocycles. The Kier molecular flexibility index (Phi) is 4.09. The van der Waals surface area contributed by atoms with Gasteiger partial charge in [0, 0.05) is 5.56 Å².